The quantitative estimate of drug-likeness (QED) is 0.399. The van der Waals surface area contributed by atoms with Crippen molar-refractivity contribution in [1.29, 1.82) is 0 Å². The number of fused-ring (bicyclic) bond motifs is 1. The summed E-state index contributed by atoms with van der Waals surface area (Å²) in [5, 5.41) is 0.587. The van der Waals surface area contributed by atoms with Crippen LogP contribution in [0, 0.1) is 12.7 Å². The van der Waals surface area contributed by atoms with E-state index in [-0.39, 0.29) is 17.4 Å². The summed E-state index contributed by atoms with van der Waals surface area (Å²) in [6.45, 7) is 4.00. The van der Waals surface area contributed by atoms with Crippen LogP contribution in [0.2, 0.25) is 0 Å². The number of hydrogen-bond donors (Lipinski definition) is 0. The van der Waals surface area contributed by atoms with Crippen LogP contribution in [0.5, 0.6) is 0 Å². The Morgan fingerprint density at radius 1 is 1.00 bits per heavy atom. The second-order valence-electron chi connectivity index (χ2n) is 7.82. The van der Waals surface area contributed by atoms with Gasteiger partial charge in [0.05, 0.1) is 10.9 Å². The lowest BCUT2D eigenvalue weighted by atomic mass is 10.0. The molecule has 0 spiro atoms. The highest BCUT2D eigenvalue weighted by Crippen LogP contribution is 2.27. The van der Waals surface area contributed by atoms with Crippen molar-refractivity contribution in [2.75, 3.05) is 11.9 Å². The Balaban J connectivity index is 1.77. The molecular formula is C26H26FN3O. The monoisotopic (exact) mass is 415 g/mol. The van der Waals surface area contributed by atoms with E-state index < -0.39 is 0 Å². The minimum absolute atomic E-state index is 0.0281. The van der Waals surface area contributed by atoms with E-state index in [0.29, 0.717) is 10.9 Å². The van der Waals surface area contributed by atoms with Gasteiger partial charge in [-0.15, -0.1) is 0 Å². The summed E-state index contributed by atoms with van der Waals surface area (Å²) in [6, 6.07) is 22.2. The average molecular weight is 416 g/mol. The van der Waals surface area contributed by atoms with Gasteiger partial charge >= 0.3 is 0 Å². The van der Waals surface area contributed by atoms with Crippen LogP contribution in [-0.4, -0.2) is 16.6 Å². The fraction of sp³-hybridized carbons (Fsp3) is 0.231. The zero-order valence-corrected chi connectivity index (χ0v) is 18.0. The second-order valence-corrected chi connectivity index (χ2v) is 7.82. The van der Waals surface area contributed by atoms with Crippen molar-refractivity contribution in [3.63, 3.8) is 0 Å². The van der Waals surface area contributed by atoms with Crippen LogP contribution in [-0.2, 0) is 6.42 Å². The van der Waals surface area contributed by atoms with Gasteiger partial charge in [-0.2, -0.15) is 0 Å². The molecule has 1 heterocycles. The van der Waals surface area contributed by atoms with Crippen LogP contribution < -0.4 is 10.5 Å². The van der Waals surface area contributed by atoms with E-state index in [2.05, 4.69) is 19.1 Å². The maximum Gasteiger partial charge on any atom is 0.261 e. The van der Waals surface area contributed by atoms with E-state index in [9.17, 15) is 9.18 Å². The molecule has 1 aromatic heterocycles. The molecule has 0 radical (unpaired) electrons. The van der Waals surface area contributed by atoms with Crippen LogP contribution in [0.15, 0.2) is 77.6 Å². The van der Waals surface area contributed by atoms with Crippen molar-refractivity contribution in [2.45, 2.75) is 32.7 Å². The van der Waals surface area contributed by atoms with Crippen molar-refractivity contribution in [2.24, 2.45) is 0 Å². The minimum Gasteiger partial charge on any atom is -0.345 e. The summed E-state index contributed by atoms with van der Waals surface area (Å²) in [4.78, 5) is 20.2. The van der Waals surface area contributed by atoms with E-state index in [1.807, 2.05) is 59.8 Å². The van der Waals surface area contributed by atoms with Crippen molar-refractivity contribution in [3.8, 4) is 0 Å². The molecule has 4 aromatic rings. The fourth-order valence-electron chi connectivity index (χ4n) is 4.05. The largest absolute Gasteiger partial charge is 0.345 e. The van der Waals surface area contributed by atoms with Gasteiger partial charge in [0.25, 0.3) is 5.56 Å². The molecule has 31 heavy (non-hydrogen) atoms. The molecule has 0 unspecified atom stereocenters. The minimum atomic E-state index is -0.276. The Bertz CT molecular complexity index is 1250. The topological polar surface area (TPSA) is 38.1 Å². The van der Waals surface area contributed by atoms with Gasteiger partial charge in [-0.25, -0.2) is 9.37 Å². The zero-order chi connectivity index (χ0) is 22.0. The molecule has 4 rings (SSSR count). The Labute approximate surface area is 181 Å². The maximum absolute atomic E-state index is 13.6. The standard InChI is InChI=1S/C26H26FN3O/c1-4-21(16-19-8-6-5-7-9-19)30-18(2)28-25-15-14-23(17-24(25)26(30)31)29(3)22-12-10-20(27)11-13-22/h5-15,17,21H,4,16H2,1-3H3/t21-/m0/s1. The van der Waals surface area contributed by atoms with Crippen LogP contribution in [0.25, 0.3) is 10.9 Å². The highest BCUT2D eigenvalue weighted by molar-refractivity contribution is 5.83. The van der Waals surface area contributed by atoms with Gasteiger partial charge in [-0.05, 0) is 67.8 Å². The number of halogens is 1. The smallest absolute Gasteiger partial charge is 0.261 e. The highest BCUT2D eigenvalue weighted by Gasteiger charge is 2.17. The van der Waals surface area contributed by atoms with Crippen LogP contribution in [0.1, 0.15) is 30.8 Å². The van der Waals surface area contributed by atoms with Gasteiger partial charge in [0.2, 0.25) is 0 Å². The first-order valence-electron chi connectivity index (χ1n) is 10.5. The Morgan fingerprint density at radius 2 is 1.68 bits per heavy atom. The third kappa shape index (κ3) is 4.22. The molecule has 158 valence electrons. The molecule has 0 amide bonds. The van der Waals surface area contributed by atoms with Crippen LogP contribution >= 0.6 is 0 Å². The number of anilines is 2. The van der Waals surface area contributed by atoms with Gasteiger partial charge in [0, 0.05) is 24.5 Å². The van der Waals surface area contributed by atoms with E-state index in [4.69, 9.17) is 4.98 Å². The molecule has 4 nitrogen and oxygen atoms in total. The van der Waals surface area contributed by atoms with Crippen molar-refractivity contribution < 1.29 is 4.39 Å². The lowest BCUT2D eigenvalue weighted by Gasteiger charge is -2.22. The molecule has 0 fully saturated rings. The summed E-state index contributed by atoms with van der Waals surface area (Å²) in [6.07, 6.45) is 1.61. The van der Waals surface area contributed by atoms with Gasteiger partial charge < -0.3 is 4.90 Å². The molecule has 0 aliphatic rings. The van der Waals surface area contributed by atoms with Crippen LogP contribution in [0.4, 0.5) is 15.8 Å². The first-order valence-corrected chi connectivity index (χ1v) is 10.5. The lowest BCUT2D eigenvalue weighted by molar-refractivity contribution is 0.455. The number of nitrogens with zero attached hydrogens (tertiary/aromatic N) is 3. The highest BCUT2D eigenvalue weighted by atomic mass is 19.1. The average Bonchev–Trinajstić information content (AvgIpc) is 2.79. The first kappa shape index (κ1) is 20.8. The predicted molar refractivity (Wildman–Crippen MR) is 125 cm³/mol. The Morgan fingerprint density at radius 3 is 2.35 bits per heavy atom. The maximum atomic E-state index is 13.6. The van der Waals surface area contributed by atoms with E-state index in [1.54, 1.807) is 12.1 Å². The molecule has 1 atom stereocenters. The zero-order valence-electron chi connectivity index (χ0n) is 18.0. The number of rotatable bonds is 6. The van der Waals surface area contributed by atoms with Crippen molar-refractivity contribution in [3.05, 3.63) is 100 Å². The number of hydrogen-bond acceptors (Lipinski definition) is 3. The summed E-state index contributed by atoms with van der Waals surface area (Å²) in [5.74, 6) is 0.446. The lowest BCUT2D eigenvalue weighted by Crippen LogP contribution is -2.29. The molecule has 0 bridgehead atoms. The summed E-state index contributed by atoms with van der Waals surface area (Å²) < 4.78 is 15.1. The predicted octanol–water partition coefficient (Wildman–Crippen LogP) is 5.81. The van der Waals surface area contributed by atoms with Crippen molar-refractivity contribution >= 4 is 22.3 Å². The summed E-state index contributed by atoms with van der Waals surface area (Å²) in [7, 11) is 1.90. The summed E-state index contributed by atoms with van der Waals surface area (Å²) in [5.41, 5.74) is 3.55. The first-order chi connectivity index (χ1) is 15.0. The Kier molecular flexibility index (Phi) is 5.85. The fourth-order valence-corrected chi connectivity index (χ4v) is 4.05. The van der Waals surface area contributed by atoms with Gasteiger partial charge in [-0.3, -0.25) is 9.36 Å². The molecular weight excluding hydrogens is 389 g/mol. The molecule has 0 saturated carbocycles. The van der Waals surface area contributed by atoms with Crippen molar-refractivity contribution in [1.82, 2.24) is 9.55 Å². The Hall–Kier alpha value is -3.47. The number of benzene rings is 3. The molecule has 0 aliphatic carbocycles. The second kappa shape index (κ2) is 8.72. The third-order valence-corrected chi connectivity index (χ3v) is 5.81. The molecule has 0 N–H and O–H groups in total. The van der Waals surface area contributed by atoms with E-state index in [1.165, 1.54) is 17.7 Å². The normalized spacial score (nSPS) is 12.1. The SMILES string of the molecule is CC[C@@H](Cc1ccccc1)n1c(C)nc2ccc(N(C)c3ccc(F)cc3)cc2c1=O. The molecule has 3 aromatic carbocycles. The van der Waals surface area contributed by atoms with E-state index in [0.717, 1.165) is 30.0 Å². The molecule has 0 aliphatic heterocycles. The number of aromatic nitrogens is 2. The molecule has 5 heteroatoms. The molecule has 0 saturated heterocycles. The third-order valence-electron chi connectivity index (χ3n) is 5.81. The van der Waals surface area contributed by atoms with Crippen LogP contribution in [0.3, 0.4) is 0 Å². The van der Waals surface area contributed by atoms with Gasteiger partial charge in [0.1, 0.15) is 11.6 Å². The summed E-state index contributed by atoms with van der Waals surface area (Å²) >= 11 is 0. The van der Waals surface area contributed by atoms with Gasteiger partial charge in [-0.1, -0.05) is 37.3 Å². The number of aryl methyl sites for hydroxylation is 1. The van der Waals surface area contributed by atoms with Gasteiger partial charge in [0.15, 0.2) is 0 Å². The van der Waals surface area contributed by atoms with E-state index >= 15 is 0 Å².